The van der Waals surface area contributed by atoms with E-state index in [4.69, 9.17) is 0 Å². The Morgan fingerprint density at radius 2 is 1.74 bits per heavy atom. The molecular formula is C15H13BrF2O. The van der Waals surface area contributed by atoms with Gasteiger partial charge >= 0.3 is 0 Å². The molecule has 19 heavy (non-hydrogen) atoms. The van der Waals surface area contributed by atoms with Crippen molar-refractivity contribution < 1.29 is 13.9 Å². The molecule has 0 saturated carbocycles. The SMILES string of the molecule is CCc1ccc(C(O)c2c(F)ccc(Br)c2F)cc1. The molecule has 2 rings (SSSR count). The van der Waals surface area contributed by atoms with Crippen molar-refractivity contribution >= 4 is 15.9 Å². The maximum Gasteiger partial charge on any atom is 0.146 e. The van der Waals surface area contributed by atoms with Gasteiger partial charge in [-0.15, -0.1) is 0 Å². The second-order valence-electron chi connectivity index (χ2n) is 4.25. The average Bonchev–Trinajstić information content (AvgIpc) is 2.43. The van der Waals surface area contributed by atoms with E-state index < -0.39 is 17.7 Å². The van der Waals surface area contributed by atoms with Gasteiger partial charge in [0.1, 0.15) is 17.7 Å². The minimum absolute atomic E-state index is 0.133. The highest BCUT2D eigenvalue weighted by Gasteiger charge is 2.21. The largest absolute Gasteiger partial charge is 0.383 e. The lowest BCUT2D eigenvalue weighted by molar-refractivity contribution is 0.209. The van der Waals surface area contributed by atoms with Gasteiger partial charge in [0.15, 0.2) is 0 Å². The van der Waals surface area contributed by atoms with Crippen LogP contribution in [0.2, 0.25) is 0 Å². The molecule has 100 valence electrons. The summed E-state index contributed by atoms with van der Waals surface area (Å²) >= 11 is 2.99. The summed E-state index contributed by atoms with van der Waals surface area (Å²) in [5, 5.41) is 10.1. The number of aryl methyl sites for hydroxylation is 1. The number of aliphatic hydroxyl groups is 1. The summed E-state index contributed by atoms with van der Waals surface area (Å²) in [6.45, 7) is 2.01. The lowest BCUT2D eigenvalue weighted by Gasteiger charge is -2.14. The number of benzene rings is 2. The first-order valence-electron chi connectivity index (χ1n) is 5.95. The Hall–Kier alpha value is -1.26. The van der Waals surface area contributed by atoms with Gasteiger partial charge in [-0.2, -0.15) is 0 Å². The van der Waals surface area contributed by atoms with Crippen molar-refractivity contribution in [2.75, 3.05) is 0 Å². The third kappa shape index (κ3) is 2.85. The fourth-order valence-electron chi connectivity index (χ4n) is 1.90. The van der Waals surface area contributed by atoms with Crippen LogP contribution in [0.5, 0.6) is 0 Å². The first-order chi connectivity index (χ1) is 9.04. The molecule has 2 aromatic rings. The Balaban J connectivity index is 2.43. The highest BCUT2D eigenvalue weighted by molar-refractivity contribution is 9.10. The maximum atomic E-state index is 13.9. The number of hydrogen-bond acceptors (Lipinski definition) is 1. The molecule has 0 bridgehead atoms. The first-order valence-corrected chi connectivity index (χ1v) is 6.74. The summed E-state index contributed by atoms with van der Waals surface area (Å²) in [7, 11) is 0. The highest BCUT2D eigenvalue weighted by atomic mass is 79.9. The number of halogens is 3. The summed E-state index contributed by atoms with van der Waals surface area (Å²) in [6, 6.07) is 9.46. The quantitative estimate of drug-likeness (QED) is 0.830. The molecule has 1 nitrogen and oxygen atoms in total. The Morgan fingerprint density at radius 3 is 2.32 bits per heavy atom. The molecule has 1 atom stereocenters. The summed E-state index contributed by atoms with van der Waals surface area (Å²) in [5.41, 5.74) is 1.23. The Labute approximate surface area is 119 Å². The standard InChI is InChI=1S/C15H13BrF2O/c1-2-9-3-5-10(6-4-9)15(19)13-12(17)8-7-11(16)14(13)18/h3-8,15,19H,2H2,1H3. The van der Waals surface area contributed by atoms with Crippen LogP contribution in [0.4, 0.5) is 8.78 Å². The maximum absolute atomic E-state index is 13.9. The molecule has 0 radical (unpaired) electrons. The van der Waals surface area contributed by atoms with Crippen LogP contribution in [0.25, 0.3) is 0 Å². The zero-order chi connectivity index (χ0) is 14.0. The third-order valence-electron chi connectivity index (χ3n) is 3.06. The normalized spacial score (nSPS) is 12.5. The predicted octanol–water partition coefficient (Wildman–Crippen LogP) is 4.37. The molecule has 0 aliphatic rings. The van der Waals surface area contributed by atoms with Gasteiger partial charge in [0.2, 0.25) is 0 Å². The van der Waals surface area contributed by atoms with Crippen molar-refractivity contribution in [3.63, 3.8) is 0 Å². The van der Waals surface area contributed by atoms with Crippen molar-refractivity contribution in [1.82, 2.24) is 0 Å². The van der Waals surface area contributed by atoms with Crippen molar-refractivity contribution in [2.24, 2.45) is 0 Å². The smallest absolute Gasteiger partial charge is 0.146 e. The zero-order valence-corrected chi connectivity index (χ0v) is 11.9. The van der Waals surface area contributed by atoms with Gasteiger partial charge in [0.05, 0.1) is 10.0 Å². The Morgan fingerprint density at radius 1 is 1.11 bits per heavy atom. The van der Waals surface area contributed by atoms with Crippen LogP contribution in [-0.2, 0) is 6.42 Å². The summed E-state index contributed by atoms with van der Waals surface area (Å²) in [4.78, 5) is 0. The van der Waals surface area contributed by atoms with Crippen LogP contribution in [0, 0.1) is 11.6 Å². The molecule has 0 heterocycles. The minimum Gasteiger partial charge on any atom is -0.383 e. The van der Waals surface area contributed by atoms with E-state index >= 15 is 0 Å². The van der Waals surface area contributed by atoms with E-state index in [2.05, 4.69) is 15.9 Å². The fourth-order valence-corrected chi connectivity index (χ4v) is 2.24. The van der Waals surface area contributed by atoms with Gasteiger partial charge in [0.25, 0.3) is 0 Å². The molecule has 0 amide bonds. The number of rotatable bonds is 3. The molecule has 0 fully saturated rings. The van der Waals surface area contributed by atoms with Crippen LogP contribution in [0.3, 0.4) is 0 Å². The second kappa shape index (κ2) is 5.80. The molecule has 1 N–H and O–H groups in total. The van der Waals surface area contributed by atoms with Crippen molar-refractivity contribution in [2.45, 2.75) is 19.4 Å². The molecule has 0 aliphatic carbocycles. The van der Waals surface area contributed by atoms with E-state index in [1.807, 2.05) is 19.1 Å². The summed E-state index contributed by atoms with van der Waals surface area (Å²) < 4.78 is 27.7. The average molecular weight is 327 g/mol. The molecule has 2 aromatic carbocycles. The van der Waals surface area contributed by atoms with E-state index in [0.717, 1.165) is 18.1 Å². The lowest BCUT2D eigenvalue weighted by Crippen LogP contribution is -2.06. The van der Waals surface area contributed by atoms with Gasteiger partial charge in [-0.3, -0.25) is 0 Å². The van der Waals surface area contributed by atoms with Crippen LogP contribution in [0.1, 0.15) is 29.7 Å². The topological polar surface area (TPSA) is 20.2 Å². The minimum atomic E-state index is -1.32. The Bertz CT molecular complexity index is 581. The second-order valence-corrected chi connectivity index (χ2v) is 5.11. The molecule has 4 heteroatoms. The predicted molar refractivity (Wildman–Crippen MR) is 73.9 cm³/mol. The van der Waals surface area contributed by atoms with Gasteiger partial charge < -0.3 is 5.11 Å². The molecule has 0 aromatic heterocycles. The van der Waals surface area contributed by atoms with Crippen LogP contribution >= 0.6 is 15.9 Å². The lowest BCUT2D eigenvalue weighted by atomic mass is 9.99. The van der Waals surface area contributed by atoms with Gasteiger partial charge in [0, 0.05) is 0 Å². The molecule has 0 saturated heterocycles. The fraction of sp³-hybridized carbons (Fsp3) is 0.200. The highest BCUT2D eigenvalue weighted by Crippen LogP contribution is 2.30. The summed E-state index contributed by atoms with van der Waals surface area (Å²) in [6.07, 6.45) is -0.445. The summed E-state index contributed by atoms with van der Waals surface area (Å²) in [5.74, 6) is -1.53. The molecule has 0 spiro atoms. The van der Waals surface area contributed by atoms with Crippen molar-refractivity contribution in [1.29, 1.82) is 0 Å². The molecular weight excluding hydrogens is 314 g/mol. The van der Waals surface area contributed by atoms with E-state index in [0.29, 0.717) is 5.56 Å². The monoisotopic (exact) mass is 326 g/mol. The van der Waals surface area contributed by atoms with Crippen molar-refractivity contribution in [3.05, 3.63) is 69.2 Å². The molecule has 1 unspecified atom stereocenters. The van der Waals surface area contributed by atoms with Crippen LogP contribution in [-0.4, -0.2) is 5.11 Å². The van der Waals surface area contributed by atoms with Crippen LogP contribution in [0.15, 0.2) is 40.9 Å². The molecule has 0 aliphatic heterocycles. The van der Waals surface area contributed by atoms with E-state index in [1.54, 1.807) is 12.1 Å². The zero-order valence-electron chi connectivity index (χ0n) is 10.3. The van der Waals surface area contributed by atoms with Gasteiger partial charge in [-0.05, 0) is 45.6 Å². The number of aliphatic hydroxyl groups excluding tert-OH is 1. The van der Waals surface area contributed by atoms with E-state index in [9.17, 15) is 13.9 Å². The first kappa shape index (κ1) is 14.2. The van der Waals surface area contributed by atoms with Crippen molar-refractivity contribution in [3.8, 4) is 0 Å². The van der Waals surface area contributed by atoms with Crippen LogP contribution < -0.4 is 0 Å². The third-order valence-corrected chi connectivity index (χ3v) is 3.67. The van der Waals surface area contributed by atoms with Gasteiger partial charge in [-0.1, -0.05) is 31.2 Å². The van der Waals surface area contributed by atoms with E-state index in [-0.39, 0.29) is 10.0 Å². The Kier molecular flexibility index (Phi) is 4.32. The van der Waals surface area contributed by atoms with E-state index in [1.165, 1.54) is 6.07 Å². The van der Waals surface area contributed by atoms with Gasteiger partial charge in [-0.25, -0.2) is 8.78 Å². The number of hydrogen-bond donors (Lipinski definition) is 1.